The molecule has 0 atom stereocenters. The highest BCUT2D eigenvalue weighted by Crippen LogP contribution is 2.36. The highest BCUT2D eigenvalue weighted by atomic mass is 32.2. The highest BCUT2D eigenvalue weighted by Gasteiger charge is 2.22. The monoisotopic (exact) mass is 339 g/mol. The quantitative estimate of drug-likeness (QED) is 0.590. The van der Waals surface area contributed by atoms with E-state index in [1.165, 1.54) is 22.3 Å². The summed E-state index contributed by atoms with van der Waals surface area (Å²) in [6.45, 7) is 2.88. The van der Waals surface area contributed by atoms with Crippen molar-refractivity contribution >= 4 is 11.8 Å². The summed E-state index contributed by atoms with van der Waals surface area (Å²) >= 11 is 1.78. The van der Waals surface area contributed by atoms with Gasteiger partial charge in [0.2, 0.25) is 0 Å². The second-order valence-electron chi connectivity index (χ2n) is 6.05. The van der Waals surface area contributed by atoms with Crippen LogP contribution >= 0.6 is 11.8 Å². The van der Waals surface area contributed by atoms with E-state index in [0.717, 1.165) is 29.2 Å². The minimum Gasteiger partial charge on any atom is -0.493 e. The molecule has 1 heterocycles. The molecule has 0 radical (unpaired) electrons. The molecule has 2 aromatic rings. The van der Waals surface area contributed by atoms with Gasteiger partial charge in [-0.2, -0.15) is 0 Å². The Balaban J connectivity index is 2.05. The fourth-order valence-electron chi connectivity index (χ4n) is 2.57. The Morgan fingerprint density at radius 1 is 1.38 bits per heavy atom. The Labute approximate surface area is 147 Å². The lowest BCUT2D eigenvalue weighted by Gasteiger charge is -2.14. The van der Waals surface area contributed by atoms with Crippen LogP contribution in [0.15, 0.2) is 40.2 Å². The Bertz CT molecular complexity index is 844. The van der Waals surface area contributed by atoms with E-state index in [-0.39, 0.29) is 5.56 Å². The zero-order valence-electron chi connectivity index (χ0n) is 14.0. The van der Waals surface area contributed by atoms with Crippen molar-refractivity contribution in [2.24, 2.45) is 13.0 Å². The molecule has 0 amide bonds. The number of benzene rings is 1. The van der Waals surface area contributed by atoms with E-state index in [2.05, 4.69) is 25.0 Å². The number of nitrogens with zero attached hydrogens (tertiary/aromatic N) is 1. The minimum atomic E-state index is -0.152. The van der Waals surface area contributed by atoms with Crippen LogP contribution in [0.5, 0.6) is 5.75 Å². The van der Waals surface area contributed by atoms with Crippen LogP contribution in [0.3, 0.4) is 0 Å². The second kappa shape index (κ2) is 7.19. The van der Waals surface area contributed by atoms with Crippen molar-refractivity contribution in [3.63, 3.8) is 0 Å². The molecule has 0 unspecified atom stereocenters. The molecule has 1 aromatic carbocycles. The Kier molecular flexibility index (Phi) is 5.01. The molecule has 24 heavy (non-hydrogen) atoms. The summed E-state index contributed by atoms with van der Waals surface area (Å²) in [5, 5.41) is 0. The SMILES string of the molecule is C#Cc1cc(-c2cc(SCC)ccc2OCC2CC2)cn(C)c1=O. The van der Waals surface area contributed by atoms with Crippen molar-refractivity contribution in [2.75, 3.05) is 12.4 Å². The minimum absolute atomic E-state index is 0.152. The summed E-state index contributed by atoms with van der Waals surface area (Å²) in [5.74, 6) is 5.03. The molecule has 4 heteroatoms. The molecule has 1 aromatic heterocycles. The van der Waals surface area contributed by atoms with Gasteiger partial charge in [-0.25, -0.2) is 0 Å². The number of aromatic nitrogens is 1. The first kappa shape index (κ1) is 16.7. The van der Waals surface area contributed by atoms with E-state index in [1.807, 2.05) is 12.3 Å². The molecule has 3 rings (SSSR count). The molecule has 0 N–H and O–H groups in total. The Hall–Kier alpha value is -2.12. The van der Waals surface area contributed by atoms with E-state index in [9.17, 15) is 4.79 Å². The number of pyridine rings is 1. The molecule has 0 spiro atoms. The third kappa shape index (κ3) is 3.68. The lowest BCUT2D eigenvalue weighted by atomic mass is 10.0. The summed E-state index contributed by atoms with van der Waals surface area (Å²) < 4.78 is 7.58. The summed E-state index contributed by atoms with van der Waals surface area (Å²) in [6, 6.07) is 8.01. The van der Waals surface area contributed by atoms with Gasteiger partial charge in [0, 0.05) is 29.3 Å². The molecule has 1 aliphatic carbocycles. The average molecular weight is 339 g/mol. The average Bonchev–Trinajstić information content (AvgIpc) is 3.40. The summed E-state index contributed by atoms with van der Waals surface area (Å²) in [4.78, 5) is 13.2. The van der Waals surface area contributed by atoms with Gasteiger partial charge >= 0.3 is 0 Å². The summed E-state index contributed by atoms with van der Waals surface area (Å²) in [5.41, 5.74) is 2.12. The molecule has 0 aliphatic heterocycles. The van der Waals surface area contributed by atoms with Gasteiger partial charge in [-0.3, -0.25) is 4.79 Å². The van der Waals surface area contributed by atoms with Gasteiger partial charge in [-0.1, -0.05) is 12.8 Å². The largest absolute Gasteiger partial charge is 0.493 e. The third-order valence-corrected chi connectivity index (χ3v) is 4.96. The van der Waals surface area contributed by atoms with Gasteiger partial charge in [0.15, 0.2) is 0 Å². The molecule has 0 bridgehead atoms. The van der Waals surface area contributed by atoms with Gasteiger partial charge in [0.05, 0.1) is 12.2 Å². The number of terminal acetylenes is 1. The normalized spacial score (nSPS) is 13.5. The zero-order chi connectivity index (χ0) is 17.1. The molecule has 0 saturated heterocycles. The van der Waals surface area contributed by atoms with Gasteiger partial charge in [0.25, 0.3) is 5.56 Å². The fourth-order valence-corrected chi connectivity index (χ4v) is 3.27. The van der Waals surface area contributed by atoms with E-state index in [4.69, 9.17) is 11.2 Å². The Morgan fingerprint density at radius 3 is 2.83 bits per heavy atom. The first-order chi connectivity index (χ1) is 11.6. The highest BCUT2D eigenvalue weighted by molar-refractivity contribution is 7.99. The molecular weight excluding hydrogens is 318 g/mol. The van der Waals surface area contributed by atoms with Crippen LogP contribution in [0, 0.1) is 18.3 Å². The van der Waals surface area contributed by atoms with Crippen LogP contribution in [0.25, 0.3) is 11.1 Å². The van der Waals surface area contributed by atoms with Crippen LogP contribution in [-0.2, 0) is 7.05 Å². The smallest absolute Gasteiger partial charge is 0.266 e. The van der Waals surface area contributed by atoms with Crippen molar-refractivity contribution in [1.82, 2.24) is 4.57 Å². The van der Waals surface area contributed by atoms with E-state index in [1.54, 1.807) is 24.9 Å². The molecular formula is C20H21NO2S. The molecule has 124 valence electrons. The topological polar surface area (TPSA) is 31.2 Å². The van der Waals surface area contributed by atoms with Gasteiger partial charge in [-0.05, 0) is 48.8 Å². The van der Waals surface area contributed by atoms with E-state index < -0.39 is 0 Å². The fraction of sp³-hybridized carbons (Fsp3) is 0.350. The van der Waals surface area contributed by atoms with Crippen LogP contribution in [0.1, 0.15) is 25.3 Å². The zero-order valence-corrected chi connectivity index (χ0v) is 14.9. The molecule has 1 saturated carbocycles. The third-order valence-electron chi connectivity index (χ3n) is 4.08. The number of hydrogen-bond acceptors (Lipinski definition) is 3. The maximum absolute atomic E-state index is 12.0. The van der Waals surface area contributed by atoms with Crippen molar-refractivity contribution < 1.29 is 4.74 Å². The predicted molar refractivity (Wildman–Crippen MR) is 99.7 cm³/mol. The number of rotatable bonds is 6. The van der Waals surface area contributed by atoms with E-state index in [0.29, 0.717) is 11.5 Å². The van der Waals surface area contributed by atoms with Crippen LogP contribution < -0.4 is 10.3 Å². The first-order valence-corrected chi connectivity index (χ1v) is 9.18. The van der Waals surface area contributed by atoms with Gasteiger partial charge in [0.1, 0.15) is 5.75 Å². The van der Waals surface area contributed by atoms with Crippen LogP contribution in [0.4, 0.5) is 0 Å². The first-order valence-electron chi connectivity index (χ1n) is 8.19. The lowest BCUT2D eigenvalue weighted by molar-refractivity contribution is 0.301. The van der Waals surface area contributed by atoms with Crippen molar-refractivity contribution in [3.8, 4) is 29.2 Å². The number of aryl methyl sites for hydroxylation is 1. The van der Waals surface area contributed by atoms with Gasteiger partial charge < -0.3 is 9.30 Å². The summed E-state index contributed by atoms with van der Waals surface area (Å²) in [6.07, 6.45) is 9.81. The summed E-state index contributed by atoms with van der Waals surface area (Å²) in [7, 11) is 1.72. The van der Waals surface area contributed by atoms with Crippen molar-refractivity contribution in [1.29, 1.82) is 0 Å². The molecule has 3 nitrogen and oxygen atoms in total. The van der Waals surface area contributed by atoms with Gasteiger partial charge in [-0.15, -0.1) is 18.2 Å². The molecule has 1 fully saturated rings. The predicted octanol–water partition coefficient (Wildman–Crippen LogP) is 3.93. The standard InChI is InChI=1S/C20H21NO2S/c1-4-15-10-16(12-21(3)20(15)22)18-11-17(24-5-2)8-9-19(18)23-13-14-6-7-14/h1,8-12,14H,5-7,13H2,2-3H3. The number of hydrogen-bond donors (Lipinski definition) is 0. The second-order valence-corrected chi connectivity index (χ2v) is 7.39. The lowest BCUT2D eigenvalue weighted by Crippen LogP contribution is -2.19. The number of thioether (sulfide) groups is 1. The van der Waals surface area contributed by atoms with Crippen molar-refractivity contribution in [3.05, 3.63) is 46.4 Å². The number of ether oxygens (including phenoxy) is 1. The van der Waals surface area contributed by atoms with Crippen LogP contribution in [-0.4, -0.2) is 16.9 Å². The van der Waals surface area contributed by atoms with Crippen molar-refractivity contribution in [2.45, 2.75) is 24.7 Å². The maximum atomic E-state index is 12.0. The van der Waals surface area contributed by atoms with E-state index >= 15 is 0 Å². The Morgan fingerprint density at radius 2 is 2.17 bits per heavy atom. The molecule has 1 aliphatic rings. The van der Waals surface area contributed by atoms with Crippen LogP contribution in [0.2, 0.25) is 0 Å². The maximum Gasteiger partial charge on any atom is 0.266 e.